The Balaban J connectivity index is 2.36. The maximum atomic E-state index is 13.1. The molecule has 2 rings (SSSR count). The zero-order valence-corrected chi connectivity index (χ0v) is 10.4. The number of para-hydroxylation sites is 1. The van der Waals surface area contributed by atoms with Crippen molar-refractivity contribution in [1.82, 2.24) is 0 Å². The molecular formula is C15H13F2NO. The zero-order chi connectivity index (χ0) is 13.8. The van der Waals surface area contributed by atoms with Gasteiger partial charge in [0.2, 0.25) is 0 Å². The quantitative estimate of drug-likeness (QED) is 0.826. The van der Waals surface area contributed by atoms with E-state index >= 15 is 0 Å². The van der Waals surface area contributed by atoms with Gasteiger partial charge in [-0.15, -0.1) is 0 Å². The largest absolute Gasteiger partial charge is 0.309 e. The monoisotopic (exact) mass is 261 g/mol. The first-order chi connectivity index (χ1) is 9.11. The van der Waals surface area contributed by atoms with Crippen LogP contribution in [0.2, 0.25) is 0 Å². The van der Waals surface area contributed by atoms with E-state index in [2.05, 4.69) is 0 Å². The van der Waals surface area contributed by atoms with Gasteiger partial charge >= 0.3 is 0 Å². The molecule has 1 amide bonds. The van der Waals surface area contributed by atoms with Crippen LogP contribution in [-0.2, 0) is 0 Å². The summed E-state index contributed by atoms with van der Waals surface area (Å²) in [4.78, 5) is 13.7. The molecular weight excluding hydrogens is 248 g/mol. The first-order valence-corrected chi connectivity index (χ1v) is 5.95. The molecule has 0 N–H and O–H groups in total. The van der Waals surface area contributed by atoms with Crippen molar-refractivity contribution in [2.75, 3.05) is 11.4 Å². The molecule has 0 fully saturated rings. The van der Waals surface area contributed by atoms with Gasteiger partial charge in [-0.25, -0.2) is 8.78 Å². The maximum absolute atomic E-state index is 13.1. The molecule has 0 aliphatic heterocycles. The molecule has 2 aromatic carbocycles. The number of halogens is 2. The molecule has 98 valence electrons. The predicted octanol–water partition coefficient (Wildman–Crippen LogP) is 3.63. The molecule has 0 atom stereocenters. The van der Waals surface area contributed by atoms with Crippen molar-refractivity contribution in [2.45, 2.75) is 6.92 Å². The number of hydrogen-bond donors (Lipinski definition) is 0. The van der Waals surface area contributed by atoms with Crippen molar-refractivity contribution in [3.63, 3.8) is 0 Å². The molecule has 0 aliphatic carbocycles. The lowest BCUT2D eigenvalue weighted by Gasteiger charge is -2.21. The van der Waals surface area contributed by atoms with E-state index in [4.69, 9.17) is 0 Å². The van der Waals surface area contributed by atoms with Gasteiger partial charge in [0, 0.05) is 23.9 Å². The standard InChI is InChI=1S/C15H13F2NO/c1-2-18(14-6-4-3-5-7-14)15(19)11-8-12(16)10-13(17)9-11/h3-10H,2H2,1H3. The number of amides is 1. The Morgan fingerprint density at radius 2 is 1.63 bits per heavy atom. The predicted molar refractivity (Wildman–Crippen MR) is 70.2 cm³/mol. The molecule has 0 saturated carbocycles. The Morgan fingerprint density at radius 1 is 1.05 bits per heavy atom. The average molecular weight is 261 g/mol. The maximum Gasteiger partial charge on any atom is 0.258 e. The van der Waals surface area contributed by atoms with E-state index < -0.39 is 17.5 Å². The van der Waals surface area contributed by atoms with Crippen molar-refractivity contribution >= 4 is 11.6 Å². The van der Waals surface area contributed by atoms with Crippen LogP contribution < -0.4 is 4.90 Å². The normalized spacial score (nSPS) is 10.3. The second kappa shape index (κ2) is 5.61. The number of anilines is 1. The fraction of sp³-hybridized carbons (Fsp3) is 0.133. The molecule has 19 heavy (non-hydrogen) atoms. The fourth-order valence-corrected chi connectivity index (χ4v) is 1.88. The molecule has 0 heterocycles. The minimum Gasteiger partial charge on any atom is -0.309 e. The van der Waals surface area contributed by atoms with E-state index in [1.165, 1.54) is 4.90 Å². The van der Waals surface area contributed by atoms with E-state index in [1.807, 2.05) is 6.07 Å². The summed E-state index contributed by atoms with van der Waals surface area (Å²) in [7, 11) is 0. The van der Waals surface area contributed by atoms with Crippen LogP contribution in [0.15, 0.2) is 48.5 Å². The summed E-state index contributed by atoms with van der Waals surface area (Å²) in [6, 6.07) is 11.8. The van der Waals surface area contributed by atoms with Gasteiger partial charge < -0.3 is 4.90 Å². The van der Waals surface area contributed by atoms with Crippen molar-refractivity contribution in [3.8, 4) is 0 Å². The summed E-state index contributed by atoms with van der Waals surface area (Å²) in [5.41, 5.74) is 0.697. The molecule has 2 nitrogen and oxygen atoms in total. The summed E-state index contributed by atoms with van der Waals surface area (Å²) in [5.74, 6) is -1.94. The number of rotatable bonds is 3. The van der Waals surface area contributed by atoms with E-state index in [-0.39, 0.29) is 5.56 Å². The summed E-state index contributed by atoms with van der Waals surface area (Å²) in [6.45, 7) is 2.22. The minimum absolute atomic E-state index is 0.00297. The average Bonchev–Trinajstić information content (AvgIpc) is 2.39. The highest BCUT2D eigenvalue weighted by Gasteiger charge is 2.17. The van der Waals surface area contributed by atoms with E-state index in [1.54, 1.807) is 31.2 Å². The smallest absolute Gasteiger partial charge is 0.258 e. The molecule has 0 aliphatic rings. The molecule has 0 bridgehead atoms. The Labute approximate surface area is 110 Å². The van der Waals surface area contributed by atoms with Crippen LogP contribution in [0.1, 0.15) is 17.3 Å². The van der Waals surface area contributed by atoms with Crippen LogP contribution in [0.4, 0.5) is 14.5 Å². The number of benzene rings is 2. The van der Waals surface area contributed by atoms with Crippen LogP contribution >= 0.6 is 0 Å². The third kappa shape index (κ3) is 2.96. The summed E-state index contributed by atoms with van der Waals surface area (Å²) in [6.07, 6.45) is 0. The van der Waals surface area contributed by atoms with Crippen LogP contribution in [0.5, 0.6) is 0 Å². The Kier molecular flexibility index (Phi) is 3.90. The zero-order valence-electron chi connectivity index (χ0n) is 10.4. The van der Waals surface area contributed by atoms with Crippen molar-refractivity contribution in [2.24, 2.45) is 0 Å². The topological polar surface area (TPSA) is 20.3 Å². The van der Waals surface area contributed by atoms with Crippen molar-refractivity contribution in [3.05, 3.63) is 65.7 Å². The first kappa shape index (κ1) is 13.2. The molecule has 0 unspecified atom stereocenters. The van der Waals surface area contributed by atoms with Crippen molar-refractivity contribution in [1.29, 1.82) is 0 Å². The van der Waals surface area contributed by atoms with Crippen LogP contribution in [-0.4, -0.2) is 12.5 Å². The first-order valence-electron chi connectivity index (χ1n) is 5.95. The highest BCUT2D eigenvalue weighted by atomic mass is 19.1. The Hall–Kier alpha value is -2.23. The van der Waals surface area contributed by atoms with E-state index in [0.717, 1.165) is 18.2 Å². The summed E-state index contributed by atoms with van der Waals surface area (Å²) >= 11 is 0. The van der Waals surface area contributed by atoms with Crippen molar-refractivity contribution < 1.29 is 13.6 Å². The van der Waals surface area contributed by atoms with E-state index in [0.29, 0.717) is 12.2 Å². The minimum atomic E-state index is -0.757. The number of carbonyl (C=O) groups excluding carboxylic acids is 1. The summed E-state index contributed by atoms with van der Waals surface area (Å²) in [5, 5.41) is 0. The third-order valence-electron chi connectivity index (χ3n) is 2.74. The SMILES string of the molecule is CCN(C(=O)c1cc(F)cc(F)c1)c1ccccc1. The molecule has 2 aromatic rings. The number of carbonyl (C=O) groups is 1. The van der Waals surface area contributed by atoms with Crippen LogP contribution in [0, 0.1) is 11.6 Å². The molecule has 0 saturated heterocycles. The van der Waals surface area contributed by atoms with Crippen LogP contribution in [0.25, 0.3) is 0 Å². The highest BCUT2D eigenvalue weighted by molar-refractivity contribution is 6.06. The lowest BCUT2D eigenvalue weighted by Crippen LogP contribution is -2.30. The van der Waals surface area contributed by atoms with Gasteiger partial charge in [-0.3, -0.25) is 4.79 Å². The number of hydrogen-bond acceptors (Lipinski definition) is 1. The number of nitrogens with zero attached hydrogens (tertiary/aromatic N) is 1. The van der Waals surface area contributed by atoms with Gasteiger partial charge in [0.1, 0.15) is 11.6 Å². The fourth-order valence-electron chi connectivity index (χ4n) is 1.88. The van der Waals surface area contributed by atoms with Gasteiger partial charge in [0.15, 0.2) is 0 Å². The Morgan fingerprint density at radius 3 is 2.16 bits per heavy atom. The molecule has 4 heteroatoms. The third-order valence-corrected chi connectivity index (χ3v) is 2.74. The molecule has 0 radical (unpaired) electrons. The van der Waals surface area contributed by atoms with E-state index in [9.17, 15) is 13.6 Å². The lowest BCUT2D eigenvalue weighted by atomic mass is 10.1. The van der Waals surface area contributed by atoms with Gasteiger partial charge in [-0.05, 0) is 31.2 Å². The molecule has 0 aromatic heterocycles. The lowest BCUT2D eigenvalue weighted by molar-refractivity contribution is 0.0987. The summed E-state index contributed by atoms with van der Waals surface area (Å²) < 4.78 is 26.3. The second-order valence-corrected chi connectivity index (χ2v) is 4.04. The van der Waals surface area contributed by atoms with Crippen LogP contribution in [0.3, 0.4) is 0 Å². The Bertz CT molecular complexity index is 564. The van der Waals surface area contributed by atoms with Gasteiger partial charge in [-0.2, -0.15) is 0 Å². The second-order valence-electron chi connectivity index (χ2n) is 4.04. The van der Waals surface area contributed by atoms with Gasteiger partial charge in [-0.1, -0.05) is 18.2 Å². The van der Waals surface area contributed by atoms with Gasteiger partial charge in [0.25, 0.3) is 5.91 Å². The van der Waals surface area contributed by atoms with Gasteiger partial charge in [0.05, 0.1) is 0 Å². The molecule has 0 spiro atoms. The highest BCUT2D eigenvalue weighted by Crippen LogP contribution is 2.17.